The summed E-state index contributed by atoms with van der Waals surface area (Å²) in [5.74, 6) is -0.117. The van der Waals surface area contributed by atoms with Gasteiger partial charge >= 0.3 is 5.69 Å². The average molecular weight is 418 g/mol. The first-order valence-electron chi connectivity index (χ1n) is 9.76. The summed E-state index contributed by atoms with van der Waals surface area (Å²) >= 11 is 0. The average Bonchev–Trinajstić information content (AvgIpc) is 3.28. The fourth-order valence-corrected chi connectivity index (χ4v) is 3.68. The summed E-state index contributed by atoms with van der Waals surface area (Å²) in [7, 11) is 1.70. The Morgan fingerprint density at radius 1 is 0.903 bits per heavy atom. The highest BCUT2D eigenvalue weighted by atomic mass is 19.1. The minimum atomic E-state index is -0.394. The van der Waals surface area contributed by atoms with Crippen LogP contribution >= 0.6 is 0 Å². The van der Waals surface area contributed by atoms with Crippen LogP contribution in [0.15, 0.2) is 64.3 Å². The summed E-state index contributed by atoms with van der Waals surface area (Å²) in [4.78, 5) is 26.4. The SMILES string of the molecule is Cc1ccc(Cn2c(=O)c3nn(C)cc3n3c(=O)n(Cc4ccc(F)cc4)nc23)cc1. The van der Waals surface area contributed by atoms with E-state index in [0.717, 1.165) is 16.7 Å². The lowest BCUT2D eigenvalue weighted by Gasteiger charge is -2.07. The van der Waals surface area contributed by atoms with E-state index >= 15 is 0 Å². The van der Waals surface area contributed by atoms with Crippen molar-refractivity contribution in [2.45, 2.75) is 20.0 Å². The lowest BCUT2D eigenvalue weighted by molar-refractivity contribution is 0.622. The Hall–Kier alpha value is -4.01. The monoisotopic (exact) mass is 418 g/mol. The number of halogens is 1. The predicted octanol–water partition coefficient (Wildman–Crippen LogP) is 2.09. The van der Waals surface area contributed by atoms with E-state index in [1.807, 2.05) is 31.2 Å². The molecule has 5 aromatic rings. The lowest BCUT2D eigenvalue weighted by atomic mass is 10.1. The van der Waals surface area contributed by atoms with E-state index in [4.69, 9.17) is 0 Å². The second-order valence-corrected chi connectivity index (χ2v) is 7.62. The number of benzene rings is 2. The van der Waals surface area contributed by atoms with Crippen LogP contribution in [0.5, 0.6) is 0 Å². The van der Waals surface area contributed by atoms with E-state index < -0.39 is 5.69 Å². The zero-order valence-corrected chi connectivity index (χ0v) is 17.0. The van der Waals surface area contributed by atoms with Gasteiger partial charge in [-0.3, -0.25) is 14.0 Å². The molecule has 0 N–H and O–H groups in total. The Kier molecular flexibility index (Phi) is 4.32. The van der Waals surface area contributed by atoms with Crippen molar-refractivity contribution in [2.75, 3.05) is 0 Å². The van der Waals surface area contributed by atoms with Gasteiger partial charge in [0.15, 0.2) is 5.52 Å². The molecular weight excluding hydrogens is 399 g/mol. The van der Waals surface area contributed by atoms with Gasteiger partial charge in [0, 0.05) is 13.2 Å². The topological polar surface area (TPSA) is 79.1 Å². The number of nitrogens with zero attached hydrogens (tertiary/aromatic N) is 6. The summed E-state index contributed by atoms with van der Waals surface area (Å²) in [6.07, 6.45) is 1.63. The third-order valence-corrected chi connectivity index (χ3v) is 5.27. The molecule has 0 amide bonds. The Morgan fingerprint density at radius 2 is 1.55 bits per heavy atom. The molecule has 0 bridgehead atoms. The Labute approximate surface area is 175 Å². The van der Waals surface area contributed by atoms with E-state index in [1.165, 1.54) is 30.5 Å². The van der Waals surface area contributed by atoms with Gasteiger partial charge in [-0.15, -0.1) is 5.10 Å². The molecular formula is C22H19FN6O2. The molecule has 0 fully saturated rings. The molecule has 2 aromatic carbocycles. The summed E-state index contributed by atoms with van der Waals surface area (Å²) in [5.41, 5.74) is 2.63. The molecule has 0 aliphatic heterocycles. The van der Waals surface area contributed by atoms with Crippen molar-refractivity contribution >= 4 is 16.8 Å². The van der Waals surface area contributed by atoms with Crippen LogP contribution in [-0.4, -0.2) is 28.5 Å². The van der Waals surface area contributed by atoms with Gasteiger partial charge in [0.1, 0.15) is 11.3 Å². The second-order valence-electron chi connectivity index (χ2n) is 7.62. The second kappa shape index (κ2) is 7.05. The molecule has 0 spiro atoms. The number of aromatic nitrogens is 6. The molecule has 0 saturated heterocycles. The third-order valence-electron chi connectivity index (χ3n) is 5.27. The van der Waals surface area contributed by atoms with Crippen LogP contribution in [0.4, 0.5) is 4.39 Å². The fourth-order valence-electron chi connectivity index (χ4n) is 3.68. The minimum absolute atomic E-state index is 0.154. The third kappa shape index (κ3) is 3.24. The lowest BCUT2D eigenvalue weighted by Crippen LogP contribution is -2.26. The standard InChI is InChI=1S/C22H19FN6O2/c1-14-3-5-15(6-4-14)11-27-20(30)19-18(13-26(2)24-19)29-21(27)25-28(22(29)31)12-16-7-9-17(23)10-8-16/h3-10,13H,11-12H2,1-2H3. The maximum absolute atomic E-state index is 13.2. The van der Waals surface area contributed by atoms with Crippen LogP contribution in [0.3, 0.4) is 0 Å². The molecule has 5 rings (SSSR count). The van der Waals surface area contributed by atoms with Gasteiger partial charge in [-0.25, -0.2) is 18.3 Å². The largest absolute Gasteiger partial charge is 0.352 e. The maximum atomic E-state index is 13.2. The van der Waals surface area contributed by atoms with Crippen molar-refractivity contribution < 1.29 is 4.39 Å². The number of aryl methyl sites for hydroxylation is 2. The highest BCUT2D eigenvalue weighted by Gasteiger charge is 2.20. The first-order chi connectivity index (χ1) is 14.9. The van der Waals surface area contributed by atoms with Crippen molar-refractivity contribution in [2.24, 2.45) is 7.05 Å². The molecule has 3 aromatic heterocycles. The van der Waals surface area contributed by atoms with Gasteiger partial charge in [0.25, 0.3) is 5.56 Å². The van der Waals surface area contributed by atoms with Crippen LogP contribution in [0, 0.1) is 12.7 Å². The summed E-state index contributed by atoms with van der Waals surface area (Å²) < 4.78 is 18.9. The van der Waals surface area contributed by atoms with E-state index in [9.17, 15) is 14.0 Å². The zero-order chi connectivity index (χ0) is 21.7. The van der Waals surface area contributed by atoms with Gasteiger partial charge < -0.3 is 0 Å². The van der Waals surface area contributed by atoms with Crippen LogP contribution in [-0.2, 0) is 20.1 Å². The van der Waals surface area contributed by atoms with Crippen molar-refractivity contribution in [3.63, 3.8) is 0 Å². The summed E-state index contributed by atoms with van der Waals surface area (Å²) in [6.45, 7) is 2.40. The molecule has 0 radical (unpaired) electrons. The minimum Gasteiger partial charge on any atom is -0.273 e. The van der Waals surface area contributed by atoms with Crippen LogP contribution in [0.2, 0.25) is 0 Å². The van der Waals surface area contributed by atoms with Gasteiger partial charge in [-0.1, -0.05) is 42.0 Å². The van der Waals surface area contributed by atoms with Crippen LogP contribution in [0.1, 0.15) is 16.7 Å². The van der Waals surface area contributed by atoms with E-state index in [2.05, 4.69) is 10.2 Å². The summed E-state index contributed by atoms with van der Waals surface area (Å²) in [6, 6.07) is 13.7. The highest BCUT2D eigenvalue weighted by molar-refractivity contribution is 5.75. The van der Waals surface area contributed by atoms with Gasteiger partial charge in [-0.05, 0) is 30.2 Å². The van der Waals surface area contributed by atoms with Gasteiger partial charge in [-0.2, -0.15) is 5.10 Å². The van der Waals surface area contributed by atoms with Crippen LogP contribution < -0.4 is 11.2 Å². The van der Waals surface area contributed by atoms with E-state index in [-0.39, 0.29) is 35.8 Å². The van der Waals surface area contributed by atoms with E-state index in [0.29, 0.717) is 5.52 Å². The van der Waals surface area contributed by atoms with E-state index in [1.54, 1.807) is 25.4 Å². The normalized spacial score (nSPS) is 11.6. The van der Waals surface area contributed by atoms with Crippen molar-refractivity contribution in [3.05, 3.63) is 98.1 Å². The smallest absolute Gasteiger partial charge is 0.273 e. The first kappa shape index (κ1) is 19.0. The highest BCUT2D eigenvalue weighted by Crippen LogP contribution is 2.12. The first-order valence-corrected chi connectivity index (χ1v) is 9.76. The fraction of sp³-hybridized carbons (Fsp3) is 0.182. The quantitative estimate of drug-likeness (QED) is 0.448. The molecule has 0 unspecified atom stereocenters. The Bertz CT molecular complexity index is 1540. The number of hydrogen-bond donors (Lipinski definition) is 0. The maximum Gasteiger partial charge on any atom is 0.352 e. The predicted molar refractivity (Wildman–Crippen MR) is 114 cm³/mol. The van der Waals surface area contributed by atoms with Crippen molar-refractivity contribution in [1.29, 1.82) is 0 Å². The molecule has 31 heavy (non-hydrogen) atoms. The number of rotatable bonds is 4. The van der Waals surface area contributed by atoms with Crippen LogP contribution in [0.25, 0.3) is 16.8 Å². The molecule has 0 aliphatic rings. The molecule has 156 valence electrons. The Morgan fingerprint density at radius 3 is 2.26 bits per heavy atom. The number of fused-ring (bicyclic) bond motifs is 3. The molecule has 0 atom stereocenters. The Balaban J connectivity index is 1.73. The van der Waals surface area contributed by atoms with Crippen molar-refractivity contribution in [1.82, 2.24) is 28.5 Å². The molecule has 0 aliphatic carbocycles. The molecule has 8 nitrogen and oxygen atoms in total. The zero-order valence-electron chi connectivity index (χ0n) is 17.0. The van der Waals surface area contributed by atoms with Gasteiger partial charge in [0.05, 0.1) is 13.1 Å². The molecule has 3 heterocycles. The number of hydrogen-bond acceptors (Lipinski definition) is 4. The molecule has 9 heteroatoms. The van der Waals surface area contributed by atoms with Crippen molar-refractivity contribution in [3.8, 4) is 0 Å². The molecule has 0 saturated carbocycles. The van der Waals surface area contributed by atoms with Gasteiger partial charge in [0.2, 0.25) is 5.78 Å². The summed E-state index contributed by atoms with van der Waals surface area (Å²) in [5, 5.41) is 8.73.